The molecule has 4 rings (SSSR count). The van der Waals surface area contributed by atoms with E-state index in [1.807, 2.05) is 16.8 Å². The Morgan fingerprint density at radius 1 is 1.08 bits per heavy atom. The number of rotatable bonds is 3. The summed E-state index contributed by atoms with van der Waals surface area (Å²) in [7, 11) is 1.67. The van der Waals surface area contributed by atoms with Crippen LogP contribution in [0.1, 0.15) is 35.2 Å². The lowest BCUT2D eigenvalue weighted by molar-refractivity contribution is 0.411. The summed E-state index contributed by atoms with van der Waals surface area (Å²) in [4.78, 5) is 4.35. The van der Waals surface area contributed by atoms with Crippen molar-refractivity contribution in [3.05, 3.63) is 65.2 Å². The van der Waals surface area contributed by atoms with Gasteiger partial charge in [0.2, 0.25) is 11.9 Å². The number of methoxy groups -OCH3 is 1. The van der Waals surface area contributed by atoms with E-state index in [4.69, 9.17) is 10.5 Å². The van der Waals surface area contributed by atoms with Gasteiger partial charge in [-0.2, -0.15) is 4.98 Å². The van der Waals surface area contributed by atoms with Crippen molar-refractivity contribution in [2.45, 2.75) is 25.4 Å². The zero-order valence-electron chi connectivity index (χ0n) is 14.3. The lowest BCUT2D eigenvalue weighted by atomic mass is 9.93. The third-order valence-corrected chi connectivity index (χ3v) is 4.69. The first-order valence-corrected chi connectivity index (χ1v) is 8.33. The van der Waals surface area contributed by atoms with Crippen LogP contribution in [-0.2, 0) is 0 Å². The Labute approximate surface area is 146 Å². The lowest BCUT2D eigenvalue weighted by Gasteiger charge is -2.31. The number of hydrogen-bond donors (Lipinski definition) is 2. The zero-order chi connectivity index (χ0) is 17.4. The van der Waals surface area contributed by atoms with Crippen molar-refractivity contribution in [1.82, 2.24) is 14.8 Å². The van der Waals surface area contributed by atoms with Gasteiger partial charge in [0.25, 0.3) is 0 Å². The second-order valence-electron chi connectivity index (χ2n) is 6.37. The molecular weight excluding hydrogens is 314 g/mol. The maximum absolute atomic E-state index is 5.85. The van der Waals surface area contributed by atoms with Crippen molar-refractivity contribution in [3.8, 4) is 5.75 Å². The number of aryl methyl sites for hydroxylation is 1. The van der Waals surface area contributed by atoms with Gasteiger partial charge in [0, 0.05) is 0 Å². The molecule has 2 aromatic carbocycles. The average Bonchev–Trinajstić information content (AvgIpc) is 3.01. The Hall–Kier alpha value is -3.02. The van der Waals surface area contributed by atoms with Gasteiger partial charge < -0.3 is 15.8 Å². The molecule has 0 radical (unpaired) electrons. The van der Waals surface area contributed by atoms with Crippen molar-refractivity contribution in [3.63, 3.8) is 0 Å². The molecule has 0 aliphatic carbocycles. The lowest BCUT2D eigenvalue weighted by Crippen LogP contribution is -2.28. The highest BCUT2D eigenvalue weighted by Crippen LogP contribution is 2.38. The fraction of sp³-hybridized carbons (Fsp3) is 0.263. The molecule has 3 aromatic rings. The van der Waals surface area contributed by atoms with Crippen LogP contribution >= 0.6 is 0 Å². The van der Waals surface area contributed by atoms with Gasteiger partial charge in [0.15, 0.2) is 0 Å². The monoisotopic (exact) mass is 335 g/mol. The summed E-state index contributed by atoms with van der Waals surface area (Å²) >= 11 is 0. The van der Waals surface area contributed by atoms with Crippen LogP contribution in [0.3, 0.4) is 0 Å². The number of fused-ring (bicyclic) bond motifs is 1. The molecule has 0 spiro atoms. The molecule has 2 heterocycles. The van der Waals surface area contributed by atoms with Gasteiger partial charge in [-0.15, -0.1) is 5.10 Å². The van der Waals surface area contributed by atoms with Crippen LogP contribution in [0.2, 0.25) is 0 Å². The summed E-state index contributed by atoms with van der Waals surface area (Å²) in [6.45, 7) is 2.09. The van der Waals surface area contributed by atoms with Gasteiger partial charge in [-0.3, -0.25) is 0 Å². The third-order valence-electron chi connectivity index (χ3n) is 4.69. The molecule has 1 aliphatic rings. The van der Waals surface area contributed by atoms with E-state index >= 15 is 0 Å². The summed E-state index contributed by atoms with van der Waals surface area (Å²) < 4.78 is 7.14. The molecule has 0 fully saturated rings. The van der Waals surface area contributed by atoms with Gasteiger partial charge in [-0.1, -0.05) is 42.0 Å². The largest absolute Gasteiger partial charge is 0.497 e. The van der Waals surface area contributed by atoms with Gasteiger partial charge in [-0.25, -0.2) is 4.68 Å². The molecule has 0 saturated heterocycles. The molecule has 1 aliphatic heterocycles. The quantitative estimate of drug-likeness (QED) is 0.768. The maximum Gasteiger partial charge on any atom is 0.241 e. The maximum atomic E-state index is 5.85. The second kappa shape index (κ2) is 6.12. The summed E-state index contributed by atoms with van der Waals surface area (Å²) in [5.41, 5.74) is 9.49. The fourth-order valence-corrected chi connectivity index (χ4v) is 3.31. The first kappa shape index (κ1) is 15.5. The molecule has 6 nitrogen and oxygen atoms in total. The molecule has 0 bridgehead atoms. The number of hydrogen-bond acceptors (Lipinski definition) is 5. The van der Waals surface area contributed by atoms with E-state index < -0.39 is 0 Å². The Balaban J connectivity index is 1.72. The normalized spacial score (nSPS) is 19.1. The van der Waals surface area contributed by atoms with Gasteiger partial charge in [0.1, 0.15) is 5.75 Å². The number of nitrogens with zero attached hydrogens (tertiary/aromatic N) is 3. The van der Waals surface area contributed by atoms with E-state index in [1.54, 1.807) is 7.11 Å². The molecule has 1 aromatic heterocycles. The number of ether oxygens (including phenoxy) is 1. The molecule has 25 heavy (non-hydrogen) atoms. The number of nitrogen functional groups attached to an aromatic ring is 1. The first-order valence-electron chi connectivity index (χ1n) is 8.33. The van der Waals surface area contributed by atoms with Crippen molar-refractivity contribution >= 4 is 11.9 Å². The van der Waals surface area contributed by atoms with E-state index in [9.17, 15) is 0 Å². The molecular formula is C19H21N5O. The van der Waals surface area contributed by atoms with Crippen LogP contribution in [0.25, 0.3) is 0 Å². The Morgan fingerprint density at radius 3 is 2.44 bits per heavy atom. The minimum absolute atomic E-state index is 0.0678. The molecule has 0 amide bonds. The summed E-state index contributed by atoms with van der Waals surface area (Å²) in [5.74, 6) is 1.83. The van der Waals surface area contributed by atoms with E-state index in [0.717, 1.165) is 17.7 Å². The topological polar surface area (TPSA) is 78.0 Å². The second-order valence-corrected chi connectivity index (χ2v) is 6.37. The predicted molar refractivity (Wildman–Crippen MR) is 97.7 cm³/mol. The third kappa shape index (κ3) is 2.91. The van der Waals surface area contributed by atoms with Gasteiger partial charge in [-0.05, 0) is 36.6 Å². The predicted octanol–water partition coefficient (Wildman–Crippen LogP) is 3.32. The number of aromatic nitrogens is 3. The van der Waals surface area contributed by atoms with Crippen molar-refractivity contribution in [2.24, 2.45) is 0 Å². The molecule has 6 heteroatoms. The summed E-state index contributed by atoms with van der Waals surface area (Å²) in [5, 5.41) is 7.84. The molecule has 0 saturated carbocycles. The average molecular weight is 335 g/mol. The van der Waals surface area contributed by atoms with E-state index in [2.05, 4.69) is 58.7 Å². The molecule has 3 N–H and O–H groups in total. The Kier molecular flexibility index (Phi) is 3.80. The number of nitrogens with two attached hydrogens (primary N) is 1. The van der Waals surface area contributed by atoms with Crippen LogP contribution in [0.5, 0.6) is 5.75 Å². The van der Waals surface area contributed by atoms with Crippen LogP contribution in [0, 0.1) is 6.92 Å². The highest BCUT2D eigenvalue weighted by Gasteiger charge is 2.30. The van der Waals surface area contributed by atoms with Crippen molar-refractivity contribution < 1.29 is 4.74 Å². The standard InChI is InChI=1S/C19H21N5O/c1-12-3-5-13(6-4-12)16-11-17(14-7-9-15(25-2)10-8-14)24-19(21-16)22-18(20)23-24/h3-10,16-17H,11H2,1-2H3,(H3,20,21,22,23)/t16-,17+/m0/s1. The highest BCUT2D eigenvalue weighted by atomic mass is 16.5. The molecule has 128 valence electrons. The van der Waals surface area contributed by atoms with Gasteiger partial charge in [0.05, 0.1) is 19.2 Å². The van der Waals surface area contributed by atoms with Crippen LogP contribution in [0.15, 0.2) is 48.5 Å². The zero-order valence-corrected chi connectivity index (χ0v) is 14.3. The number of benzene rings is 2. The molecule has 0 unspecified atom stereocenters. The summed E-state index contributed by atoms with van der Waals surface area (Å²) in [6, 6.07) is 16.9. The molecule has 2 atom stereocenters. The number of anilines is 2. The van der Waals surface area contributed by atoms with Crippen LogP contribution in [0.4, 0.5) is 11.9 Å². The van der Waals surface area contributed by atoms with E-state index in [1.165, 1.54) is 11.1 Å². The van der Waals surface area contributed by atoms with Crippen molar-refractivity contribution in [1.29, 1.82) is 0 Å². The first-order chi connectivity index (χ1) is 12.1. The summed E-state index contributed by atoms with van der Waals surface area (Å²) in [6.07, 6.45) is 0.866. The Bertz CT molecular complexity index is 870. The minimum atomic E-state index is 0.0678. The minimum Gasteiger partial charge on any atom is -0.497 e. The SMILES string of the molecule is COc1ccc([C@H]2C[C@@H](c3ccc(C)cc3)Nc3nc(N)nn32)cc1. The number of nitrogens with one attached hydrogen (secondary N) is 1. The van der Waals surface area contributed by atoms with Crippen LogP contribution in [-0.4, -0.2) is 21.9 Å². The van der Waals surface area contributed by atoms with E-state index in [-0.39, 0.29) is 18.0 Å². The van der Waals surface area contributed by atoms with Crippen molar-refractivity contribution in [2.75, 3.05) is 18.2 Å². The Morgan fingerprint density at radius 2 is 1.76 bits per heavy atom. The smallest absolute Gasteiger partial charge is 0.241 e. The van der Waals surface area contributed by atoms with Gasteiger partial charge >= 0.3 is 0 Å². The van der Waals surface area contributed by atoms with Crippen LogP contribution < -0.4 is 15.8 Å². The van der Waals surface area contributed by atoms with E-state index in [0.29, 0.717) is 5.95 Å². The highest BCUT2D eigenvalue weighted by molar-refractivity contribution is 5.42. The fourth-order valence-electron chi connectivity index (χ4n) is 3.31.